The summed E-state index contributed by atoms with van der Waals surface area (Å²) in [7, 11) is -4.06. The molecule has 0 amide bonds. The molecule has 0 bridgehead atoms. The Hall–Kier alpha value is -1.54. The molecule has 0 fully saturated rings. The van der Waals surface area contributed by atoms with Crippen LogP contribution in [-0.2, 0) is 15.4 Å². The van der Waals surface area contributed by atoms with E-state index < -0.39 is 20.9 Å². The van der Waals surface area contributed by atoms with Gasteiger partial charge in [-0.2, -0.15) is 8.42 Å². The molecule has 0 unspecified atom stereocenters. The van der Waals surface area contributed by atoms with Crippen LogP contribution in [0.2, 0.25) is 0 Å². The summed E-state index contributed by atoms with van der Waals surface area (Å²) < 4.78 is 39.8. The summed E-state index contributed by atoms with van der Waals surface area (Å²) >= 11 is 1.15. The van der Waals surface area contributed by atoms with E-state index in [-0.39, 0.29) is 10.5 Å². The lowest BCUT2D eigenvalue weighted by atomic mass is 9.93. The molecule has 20 heavy (non-hydrogen) atoms. The van der Waals surface area contributed by atoms with E-state index in [4.69, 9.17) is 0 Å². The van der Waals surface area contributed by atoms with Crippen LogP contribution in [0.1, 0.15) is 26.5 Å². The predicted octanol–water partition coefficient (Wildman–Crippen LogP) is 2.78. The lowest BCUT2D eigenvalue weighted by molar-refractivity contribution is 0.556. The van der Waals surface area contributed by atoms with Gasteiger partial charge < -0.3 is 0 Å². The molecule has 0 aromatic carbocycles. The standard InChI is InChI=1S/C12H14FN3O2S2/c1-12(2,3)9-7-19-11(15-9)16-20(17,18)10-8(13)5-4-6-14-10/h4-7H,1-3H3,(H,15,16). The van der Waals surface area contributed by atoms with Crippen LogP contribution in [0.5, 0.6) is 0 Å². The predicted molar refractivity (Wildman–Crippen MR) is 75.8 cm³/mol. The molecule has 5 nitrogen and oxygen atoms in total. The fourth-order valence-electron chi connectivity index (χ4n) is 1.40. The number of thiazole rings is 1. The van der Waals surface area contributed by atoms with Crippen LogP contribution in [-0.4, -0.2) is 18.4 Å². The number of aromatic nitrogens is 2. The maximum Gasteiger partial charge on any atom is 0.284 e. The Labute approximate surface area is 121 Å². The second-order valence-electron chi connectivity index (χ2n) is 5.18. The maximum atomic E-state index is 13.5. The van der Waals surface area contributed by atoms with E-state index in [1.54, 1.807) is 5.38 Å². The largest absolute Gasteiger partial charge is 0.284 e. The lowest BCUT2D eigenvalue weighted by Crippen LogP contribution is -2.17. The summed E-state index contributed by atoms with van der Waals surface area (Å²) in [6.45, 7) is 5.91. The summed E-state index contributed by atoms with van der Waals surface area (Å²) in [4.78, 5) is 7.75. The summed E-state index contributed by atoms with van der Waals surface area (Å²) in [5.74, 6) is -0.896. The molecule has 0 aliphatic carbocycles. The number of rotatable bonds is 3. The van der Waals surface area contributed by atoms with E-state index in [1.807, 2.05) is 20.8 Å². The highest BCUT2D eigenvalue weighted by atomic mass is 32.2. The monoisotopic (exact) mass is 315 g/mol. The first-order valence-corrected chi connectivity index (χ1v) is 8.16. The van der Waals surface area contributed by atoms with Crippen LogP contribution in [0.15, 0.2) is 28.7 Å². The Bertz CT molecular complexity index is 720. The van der Waals surface area contributed by atoms with Gasteiger partial charge in [-0.3, -0.25) is 4.72 Å². The van der Waals surface area contributed by atoms with Crippen molar-refractivity contribution in [2.45, 2.75) is 31.2 Å². The summed E-state index contributed by atoms with van der Waals surface area (Å²) in [6, 6.07) is 2.37. The smallest absolute Gasteiger partial charge is 0.253 e. The first-order chi connectivity index (χ1) is 9.20. The van der Waals surface area contributed by atoms with Crippen molar-refractivity contribution in [3.8, 4) is 0 Å². The van der Waals surface area contributed by atoms with Crippen molar-refractivity contribution < 1.29 is 12.8 Å². The number of nitrogens with zero attached hydrogens (tertiary/aromatic N) is 2. The minimum atomic E-state index is -4.06. The third-order valence-electron chi connectivity index (χ3n) is 2.47. The van der Waals surface area contributed by atoms with E-state index in [1.165, 1.54) is 12.3 Å². The SMILES string of the molecule is CC(C)(C)c1csc(NS(=O)(=O)c2ncccc2F)n1. The molecule has 2 aromatic rings. The Morgan fingerprint density at radius 3 is 2.60 bits per heavy atom. The highest BCUT2D eigenvalue weighted by Crippen LogP contribution is 2.27. The van der Waals surface area contributed by atoms with E-state index in [0.717, 1.165) is 23.1 Å². The quantitative estimate of drug-likeness (QED) is 0.945. The lowest BCUT2D eigenvalue weighted by Gasteiger charge is -2.14. The van der Waals surface area contributed by atoms with Gasteiger partial charge in [-0.05, 0) is 12.1 Å². The molecule has 0 saturated carbocycles. The molecule has 2 aromatic heterocycles. The molecular weight excluding hydrogens is 301 g/mol. The van der Waals surface area contributed by atoms with Crippen molar-refractivity contribution in [2.24, 2.45) is 0 Å². The van der Waals surface area contributed by atoms with E-state index in [2.05, 4.69) is 14.7 Å². The van der Waals surface area contributed by atoms with Crippen LogP contribution in [0.25, 0.3) is 0 Å². The van der Waals surface area contributed by atoms with Crippen molar-refractivity contribution in [2.75, 3.05) is 4.72 Å². The molecular formula is C12H14FN3O2S2. The summed E-state index contributed by atoms with van der Waals surface area (Å²) in [6.07, 6.45) is 1.22. The second kappa shape index (κ2) is 5.10. The Kier molecular flexibility index (Phi) is 3.79. The van der Waals surface area contributed by atoms with Crippen molar-refractivity contribution in [3.05, 3.63) is 35.2 Å². The fourth-order valence-corrected chi connectivity index (χ4v) is 3.60. The van der Waals surface area contributed by atoms with Crippen LogP contribution < -0.4 is 4.72 Å². The van der Waals surface area contributed by atoms with Gasteiger partial charge in [0, 0.05) is 17.0 Å². The average Bonchev–Trinajstić information content (AvgIpc) is 2.76. The van der Waals surface area contributed by atoms with Gasteiger partial charge in [0.25, 0.3) is 10.0 Å². The average molecular weight is 315 g/mol. The third-order valence-corrected chi connectivity index (χ3v) is 4.63. The zero-order valence-corrected chi connectivity index (χ0v) is 12.8. The van der Waals surface area contributed by atoms with Gasteiger partial charge in [0.1, 0.15) is 0 Å². The molecule has 2 heterocycles. The van der Waals surface area contributed by atoms with Gasteiger partial charge in [-0.25, -0.2) is 14.4 Å². The number of anilines is 1. The first-order valence-electron chi connectivity index (χ1n) is 5.79. The fraction of sp³-hybridized carbons (Fsp3) is 0.333. The van der Waals surface area contributed by atoms with E-state index in [0.29, 0.717) is 0 Å². The van der Waals surface area contributed by atoms with E-state index >= 15 is 0 Å². The molecule has 2 rings (SSSR count). The number of hydrogen-bond acceptors (Lipinski definition) is 5. The van der Waals surface area contributed by atoms with Gasteiger partial charge in [0.15, 0.2) is 10.9 Å². The molecule has 0 radical (unpaired) electrons. The zero-order chi connectivity index (χ0) is 15.0. The van der Waals surface area contributed by atoms with Crippen molar-refractivity contribution in [3.63, 3.8) is 0 Å². The van der Waals surface area contributed by atoms with Crippen LogP contribution in [0.3, 0.4) is 0 Å². The highest BCUT2D eigenvalue weighted by molar-refractivity contribution is 7.92. The molecule has 0 aliphatic heterocycles. The van der Waals surface area contributed by atoms with Crippen LogP contribution >= 0.6 is 11.3 Å². The van der Waals surface area contributed by atoms with Crippen molar-refractivity contribution >= 4 is 26.5 Å². The van der Waals surface area contributed by atoms with Crippen molar-refractivity contribution in [1.29, 1.82) is 0 Å². The highest BCUT2D eigenvalue weighted by Gasteiger charge is 2.23. The minimum absolute atomic E-state index is 0.184. The molecule has 1 N–H and O–H groups in total. The molecule has 0 aliphatic rings. The van der Waals surface area contributed by atoms with Gasteiger partial charge in [-0.1, -0.05) is 20.8 Å². The Balaban J connectivity index is 2.30. The summed E-state index contributed by atoms with van der Waals surface area (Å²) in [5, 5.41) is 1.33. The molecule has 0 spiro atoms. The van der Waals surface area contributed by atoms with Gasteiger partial charge in [-0.15, -0.1) is 11.3 Å². The molecule has 0 atom stereocenters. The number of halogens is 1. The van der Waals surface area contributed by atoms with Gasteiger partial charge in [0.05, 0.1) is 5.69 Å². The summed E-state index contributed by atoms with van der Waals surface area (Å²) in [5.41, 5.74) is 0.581. The number of pyridine rings is 1. The Morgan fingerprint density at radius 2 is 2.05 bits per heavy atom. The molecule has 108 valence electrons. The molecule has 0 saturated heterocycles. The first kappa shape index (κ1) is 14.9. The normalized spacial score (nSPS) is 12.4. The minimum Gasteiger partial charge on any atom is -0.253 e. The Morgan fingerprint density at radius 1 is 1.35 bits per heavy atom. The van der Waals surface area contributed by atoms with Crippen LogP contribution in [0, 0.1) is 5.82 Å². The van der Waals surface area contributed by atoms with Gasteiger partial charge >= 0.3 is 0 Å². The number of nitrogens with one attached hydrogen (secondary N) is 1. The topological polar surface area (TPSA) is 72.0 Å². The third kappa shape index (κ3) is 3.13. The number of hydrogen-bond donors (Lipinski definition) is 1. The van der Waals surface area contributed by atoms with E-state index in [9.17, 15) is 12.8 Å². The molecule has 8 heteroatoms. The van der Waals surface area contributed by atoms with Gasteiger partial charge in [0.2, 0.25) is 5.03 Å². The zero-order valence-electron chi connectivity index (χ0n) is 11.2. The second-order valence-corrected chi connectivity index (χ2v) is 7.64. The van der Waals surface area contributed by atoms with Crippen LogP contribution in [0.4, 0.5) is 9.52 Å². The maximum absolute atomic E-state index is 13.5. The van der Waals surface area contributed by atoms with Crippen molar-refractivity contribution in [1.82, 2.24) is 9.97 Å². The number of sulfonamides is 1.